The van der Waals surface area contributed by atoms with Gasteiger partial charge in [0.1, 0.15) is 5.69 Å². The Morgan fingerprint density at radius 2 is 2.17 bits per heavy atom. The summed E-state index contributed by atoms with van der Waals surface area (Å²) in [5, 5.41) is 10.4. The van der Waals surface area contributed by atoms with Crippen molar-refractivity contribution in [3.8, 4) is 11.3 Å². The van der Waals surface area contributed by atoms with E-state index in [-0.39, 0.29) is 5.91 Å². The van der Waals surface area contributed by atoms with E-state index in [4.69, 9.17) is 0 Å². The van der Waals surface area contributed by atoms with Crippen molar-refractivity contribution < 1.29 is 4.79 Å². The first-order valence-corrected chi connectivity index (χ1v) is 7.44. The summed E-state index contributed by atoms with van der Waals surface area (Å²) in [5.74, 6) is -0.167. The molecule has 3 N–H and O–H groups in total. The van der Waals surface area contributed by atoms with Crippen LogP contribution in [0, 0.1) is 0 Å². The fourth-order valence-corrected chi connectivity index (χ4v) is 2.48. The number of rotatable bonds is 4. The molecular formula is C17H14N6O. The van der Waals surface area contributed by atoms with Crippen LogP contribution in [-0.2, 0) is 6.54 Å². The number of carbonyl (C=O) groups is 1. The quantitative estimate of drug-likeness (QED) is 0.537. The number of nitrogens with zero attached hydrogens (tertiary/aromatic N) is 3. The van der Waals surface area contributed by atoms with Crippen LogP contribution in [0.3, 0.4) is 0 Å². The minimum Gasteiger partial charge on any atom is -0.350 e. The van der Waals surface area contributed by atoms with Crippen molar-refractivity contribution in [1.82, 2.24) is 30.5 Å². The summed E-state index contributed by atoms with van der Waals surface area (Å²) < 4.78 is 0. The van der Waals surface area contributed by atoms with Gasteiger partial charge in [0.05, 0.1) is 11.9 Å². The Balaban J connectivity index is 1.55. The van der Waals surface area contributed by atoms with E-state index in [0.717, 1.165) is 27.7 Å². The van der Waals surface area contributed by atoms with Gasteiger partial charge in [0.25, 0.3) is 5.91 Å². The van der Waals surface area contributed by atoms with E-state index in [2.05, 4.69) is 30.5 Å². The fourth-order valence-electron chi connectivity index (χ4n) is 2.48. The summed E-state index contributed by atoms with van der Waals surface area (Å²) in [6, 6.07) is 7.45. The van der Waals surface area contributed by atoms with Crippen molar-refractivity contribution in [3.63, 3.8) is 0 Å². The lowest BCUT2D eigenvalue weighted by atomic mass is 10.2. The molecular weight excluding hydrogens is 304 g/mol. The molecule has 118 valence electrons. The van der Waals surface area contributed by atoms with Crippen LogP contribution in [0.5, 0.6) is 0 Å². The van der Waals surface area contributed by atoms with Crippen LogP contribution in [-0.4, -0.2) is 31.1 Å². The molecule has 4 aromatic heterocycles. The van der Waals surface area contributed by atoms with Crippen LogP contribution >= 0.6 is 0 Å². The lowest BCUT2D eigenvalue weighted by Gasteiger charge is -2.02. The minimum absolute atomic E-state index is 0.167. The Morgan fingerprint density at radius 1 is 1.21 bits per heavy atom. The number of pyridine rings is 2. The molecule has 0 aliphatic rings. The number of fused-ring (bicyclic) bond motifs is 1. The average molecular weight is 318 g/mol. The van der Waals surface area contributed by atoms with Crippen LogP contribution in [0.1, 0.15) is 16.1 Å². The molecule has 4 heterocycles. The number of amides is 1. The number of H-pyrrole nitrogens is 2. The summed E-state index contributed by atoms with van der Waals surface area (Å²) in [7, 11) is 0. The van der Waals surface area contributed by atoms with Gasteiger partial charge in [-0.2, -0.15) is 5.10 Å². The molecule has 0 radical (unpaired) electrons. The molecule has 4 aromatic rings. The summed E-state index contributed by atoms with van der Waals surface area (Å²) in [6.07, 6.45) is 8.66. The second-order valence-electron chi connectivity index (χ2n) is 5.37. The maximum atomic E-state index is 12.3. The van der Waals surface area contributed by atoms with Gasteiger partial charge in [-0.25, -0.2) is 0 Å². The van der Waals surface area contributed by atoms with E-state index >= 15 is 0 Å². The normalized spacial score (nSPS) is 10.8. The molecule has 0 spiro atoms. The number of aromatic amines is 2. The van der Waals surface area contributed by atoms with Gasteiger partial charge in [0.2, 0.25) is 0 Å². The van der Waals surface area contributed by atoms with Crippen molar-refractivity contribution in [2.45, 2.75) is 6.54 Å². The first-order chi connectivity index (χ1) is 11.8. The van der Waals surface area contributed by atoms with Gasteiger partial charge in [-0.15, -0.1) is 0 Å². The molecule has 7 nitrogen and oxygen atoms in total. The lowest BCUT2D eigenvalue weighted by molar-refractivity contribution is 0.0946. The molecule has 0 saturated heterocycles. The predicted octanol–water partition coefficient (Wildman–Crippen LogP) is 2.28. The number of hydrogen-bond donors (Lipinski definition) is 3. The first kappa shape index (κ1) is 14.1. The van der Waals surface area contributed by atoms with Gasteiger partial charge >= 0.3 is 0 Å². The van der Waals surface area contributed by atoms with Crippen molar-refractivity contribution >= 4 is 16.8 Å². The fraction of sp³-hybridized carbons (Fsp3) is 0.0588. The molecule has 0 aliphatic heterocycles. The third-order valence-electron chi connectivity index (χ3n) is 3.72. The van der Waals surface area contributed by atoms with Gasteiger partial charge in [-0.1, -0.05) is 6.07 Å². The van der Waals surface area contributed by atoms with E-state index in [0.29, 0.717) is 12.2 Å². The van der Waals surface area contributed by atoms with Gasteiger partial charge in [0, 0.05) is 47.8 Å². The molecule has 24 heavy (non-hydrogen) atoms. The SMILES string of the molecule is O=C(NCc1cccnc1)c1cc2cnc(-c3cn[nH]c3)cc2[nH]1. The largest absolute Gasteiger partial charge is 0.350 e. The molecule has 0 bridgehead atoms. The van der Waals surface area contributed by atoms with Crippen LogP contribution in [0.2, 0.25) is 0 Å². The van der Waals surface area contributed by atoms with Crippen LogP contribution < -0.4 is 5.32 Å². The summed E-state index contributed by atoms with van der Waals surface area (Å²) in [5.41, 5.74) is 3.99. The standard InChI is InChI=1S/C17H14N6O/c24-17(20-7-11-2-1-3-18-6-11)16-4-12-8-19-14(5-15(12)23-16)13-9-21-22-10-13/h1-6,8-10,23H,7H2,(H,20,24)(H,21,22). The van der Waals surface area contributed by atoms with Crippen molar-refractivity contribution in [3.05, 3.63) is 66.5 Å². The highest BCUT2D eigenvalue weighted by atomic mass is 16.1. The molecule has 4 rings (SSSR count). The zero-order valence-electron chi connectivity index (χ0n) is 12.7. The topological polar surface area (TPSA) is 99.3 Å². The predicted molar refractivity (Wildman–Crippen MR) is 89.1 cm³/mol. The molecule has 0 unspecified atom stereocenters. The molecule has 0 atom stereocenters. The summed E-state index contributed by atoms with van der Waals surface area (Å²) in [6.45, 7) is 0.431. The maximum Gasteiger partial charge on any atom is 0.267 e. The van der Waals surface area contributed by atoms with E-state index in [1.165, 1.54) is 0 Å². The Morgan fingerprint density at radius 3 is 2.96 bits per heavy atom. The molecule has 0 saturated carbocycles. The third kappa shape index (κ3) is 2.74. The van der Waals surface area contributed by atoms with Crippen molar-refractivity contribution in [2.24, 2.45) is 0 Å². The second-order valence-corrected chi connectivity index (χ2v) is 5.37. The highest BCUT2D eigenvalue weighted by Gasteiger charge is 2.11. The molecule has 0 aromatic carbocycles. The zero-order chi connectivity index (χ0) is 16.4. The van der Waals surface area contributed by atoms with Crippen LogP contribution in [0.15, 0.2) is 55.2 Å². The Bertz CT molecular complexity index is 975. The maximum absolute atomic E-state index is 12.3. The monoisotopic (exact) mass is 318 g/mol. The van der Waals surface area contributed by atoms with Crippen LogP contribution in [0.4, 0.5) is 0 Å². The molecule has 1 amide bonds. The Labute approximate surface area is 137 Å². The Hall–Kier alpha value is -3.48. The molecule has 0 aliphatic carbocycles. The summed E-state index contributed by atoms with van der Waals surface area (Å²) >= 11 is 0. The zero-order valence-corrected chi connectivity index (χ0v) is 12.7. The Kier molecular flexibility index (Phi) is 3.51. The lowest BCUT2D eigenvalue weighted by Crippen LogP contribution is -2.23. The highest BCUT2D eigenvalue weighted by Crippen LogP contribution is 2.21. The van der Waals surface area contributed by atoms with Crippen molar-refractivity contribution in [2.75, 3.05) is 0 Å². The van der Waals surface area contributed by atoms with E-state index in [9.17, 15) is 4.79 Å². The highest BCUT2D eigenvalue weighted by molar-refractivity contribution is 5.98. The number of nitrogens with one attached hydrogen (secondary N) is 3. The number of aromatic nitrogens is 5. The minimum atomic E-state index is -0.167. The smallest absolute Gasteiger partial charge is 0.267 e. The van der Waals surface area contributed by atoms with Crippen molar-refractivity contribution in [1.29, 1.82) is 0 Å². The number of carbonyl (C=O) groups excluding carboxylic acids is 1. The van der Waals surface area contributed by atoms with Gasteiger partial charge in [-0.3, -0.25) is 19.9 Å². The van der Waals surface area contributed by atoms with Gasteiger partial charge in [0.15, 0.2) is 0 Å². The molecule has 7 heteroatoms. The van der Waals surface area contributed by atoms with Gasteiger partial charge < -0.3 is 10.3 Å². The van der Waals surface area contributed by atoms with Gasteiger partial charge in [-0.05, 0) is 23.8 Å². The van der Waals surface area contributed by atoms with E-state index in [1.807, 2.05) is 18.2 Å². The molecule has 0 fully saturated rings. The van der Waals surface area contributed by atoms with Crippen LogP contribution in [0.25, 0.3) is 22.2 Å². The average Bonchev–Trinajstić information content (AvgIpc) is 3.29. The third-order valence-corrected chi connectivity index (χ3v) is 3.72. The van der Waals surface area contributed by atoms with E-state index < -0.39 is 0 Å². The first-order valence-electron chi connectivity index (χ1n) is 7.44. The van der Waals surface area contributed by atoms with E-state index in [1.54, 1.807) is 37.1 Å². The number of hydrogen-bond acceptors (Lipinski definition) is 4. The summed E-state index contributed by atoms with van der Waals surface area (Å²) in [4.78, 5) is 23.9. The second kappa shape index (κ2) is 5.96.